The van der Waals surface area contributed by atoms with Gasteiger partial charge in [-0.2, -0.15) is 0 Å². The molecule has 0 spiro atoms. The van der Waals surface area contributed by atoms with E-state index in [0.29, 0.717) is 5.56 Å². The molecule has 1 aromatic heterocycles. The normalized spacial score (nSPS) is 10.2. The highest BCUT2D eigenvalue weighted by molar-refractivity contribution is 6.35. The van der Waals surface area contributed by atoms with Crippen molar-refractivity contribution in [3.05, 3.63) is 57.8 Å². The van der Waals surface area contributed by atoms with E-state index < -0.39 is 0 Å². The highest BCUT2D eigenvalue weighted by Crippen LogP contribution is 2.20. The Morgan fingerprint density at radius 1 is 1.28 bits per heavy atom. The van der Waals surface area contributed by atoms with Gasteiger partial charge in [0, 0.05) is 11.9 Å². The van der Waals surface area contributed by atoms with E-state index in [1.807, 2.05) is 31.2 Å². The second-order valence-corrected chi connectivity index (χ2v) is 4.55. The number of anilines is 1. The number of halogens is 2. The van der Waals surface area contributed by atoms with Gasteiger partial charge in [0.25, 0.3) is 5.91 Å². The van der Waals surface area contributed by atoms with Crippen molar-refractivity contribution in [3.8, 4) is 0 Å². The average Bonchev–Trinajstić information content (AvgIpc) is 2.35. The monoisotopic (exact) mass is 280 g/mol. The van der Waals surface area contributed by atoms with Gasteiger partial charge in [-0.25, -0.2) is 4.98 Å². The van der Waals surface area contributed by atoms with E-state index >= 15 is 0 Å². The largest absolute Gasteiger partial charge is 0.322 e. The Kier molecular flexibility index (Phi) is 3.84. The van der Waals surface area contributed by atoms with Crippen molar-refractivity contribution in [1.82, 2.24) is 4.98 Å². The summed E-state index contributed by atoms with van der Waals surface area (Å²) >= 11 is 11.7. The van der Waals surface area contributed by atoms with Crippen LogP contribution in [0.4, 0.5) is 5.69 Å². The van der Waals surface area contributed by atoms with Crippen LogP contribution in [0.2, 0.25) is 10.2 Å². The number of rotatable bonds is 2. The van der Waals surface area contributed by atoms with Crippen LogP contribution in [-0.2, 0) is 0 Å². The Bertz CT molecular complexity index is 599. The fourth-order valence-electron chi connectivity index (χ4n) is 1.49. The lowest BCUT2D eigenvalue weighted by atomic mass is 10.2. The summed E-state index contributed by atoms with van der Waals surface area (Å²) in [5, 5.41) is 3.28. The molecule has 2 aromatic rings. The molecule has 0 aliphatic rings. The maximum Gasteiger partial charge on any atom is 0.257 e. The van der Waals surface area contributed by atoms with Gasteiger partial charge in [-0.05, 0) is 24.6 Å². The second-order valence-electron chi connectivity index (χ2n) is 3.76. The van der Waals surface area contributed by atoms with Gasteiger partial charge >= 0.3 is 0 Å². The summed E-state index contributed by atoms with van der Waals surface area (Å²) in [6.45, 7) is 1.91. The lowest BCUT2D eigenvalue weighted by molar-refractivity contribution is 0.102. The van der Waals surface area contributed by atoms with Crippen LogP contribution >= 0.6 is 23.2 Å². The third kappa shape index (κ3) is 2.81. The van der Waals surface area contributed by atoms with E-state index in [1.54, 1.807) is 0 Å². The van der Waals surface area contributed by atoms with Gasteiger partial charge in [0.2, 0.25) is 0 Å². The molecule has 2 rings (SSSR count). The van der Waals surface area contributed by atoms with Crippen LogP contribution in [0.1, 0.15) is 15.9 Å². The van der Waals surface area contributed by atoms with Crippen LogP contribution in [0.3, 0.4) is 0 Å². The number of para-hydroxylation sites is 1. The summed E-state index contributed by atoms with van der Waals surface area (Å²) < 4.78 is 0. The van der Waals surface area contributed by atoms with Crippen molar-refractivity contribution in [2.45, 2.75) is 6.92 Å². The van der Waals surface area contributed by atoms with Crippen molar-refractivity contribution in [3.63, 3.8) is 0 Å². The third-order valence-electron chi connectivity index (χ3n) is 2.46. The standard InChI is InChI=1S/C13H10Cl2N2O/c1-8-4-2-3-5-11(8)17-13(18)9-6-12(15)16-7-10(9)14/h2-7H,1H3,(H,17,18). The number of hydrogen-bond acceptors (Lipinski definition) is 2. The summed E-state index contributed by atoms with van der Waals surface area (Å²) in [7, 11) is 0. The fourth-order valence-corrected chi connectivity index (χ4v) is 1.84. The molecule has 92 valence electrons. The smallest absolute Gasteiger partial charge is 0.257 e. The average molecular weight is 281 g/mol. The van der Waals surface area contributed by atoms with Gasteiger partial charge in [0.05, 0.1) is 10.6 Å². The predicted octanol–water partition coefficient (Wildman–Crippen LogP) is 3.95. The molecule has 0 aliphatic carbocycles. The molecule has 0 unspecified atom stereocenters. The third-order valence-corrected chi connectivity index (χ3v) is 2.97. The molecular formula is C13H10Cl2N2O. The molecular weight excluding hydrogens is 271 g/mol. The van der Waals surface area contributed by atoms with Gasteiger partial charge in [0.15, 0.2) is 0 Å². The molecule has 0 aliphatic heterocycles. The summed E-state index contributed by atoms with van der Waals surface area (Å²) in [6.07, 6.45) is 1.36. The van der Waals surface area contributed by atoms with Gasteiger partial charge in [0.1, 0.15) is 5.15 Å². The van der Waals surface area contributed by atoms with E-state index in [0.717, 1.165) is 11.3 Å². The first-order valence-corrected chi connectivity index (χ1v) is 6.01. The quantitative estimate of drug-likeness (QED) is 0.847. The molecule has 1 amide bonds. The predicted molar refractivity (Wildman–Crippen MR) is 73.4 cm³/mol. The number of benzene rings is 1. The Morgan fingerprint density at radius 3 is 2.72 bits per heavy atom. The molecule has 0 radical (unpaired) electrons. The van der Waals surface area contributed by atoms with Crippen LogP contribution in [0.15, 0.2) is 36.5 Å². The number of nitrogens with one attached hydrogen (secondary N) is 1. The molecule has 3 nitrogen and oxygen atoms in total. The minimum atomic E-state index is -0.307. The molecule has 0 atom stereocenters. The highest BCUT2D eigenvalue weighted by Gasteiger charge is 2.12. The zero-order valence-corrected chi connectivity index (χ0v) is 11.1. The van der Waals surface area contributed by atoms with Crippen molar-refractivity contribution in [1.29, 1.82) is 0 Å². The number of carbonyl (C=O) groups excluding carboxylic acids is 1. The summed E-state index contributed by atoms with van der Waals surface area (Å²) in [4.78, 5) is 15.9. The lowest BCUT2D eigenvalue weighted by Gasteiger charge is -2.09. The van der Waals surface area contributed by atoms with E-state index in [9.17, 15) is 4.79 Å². The van der Waals surface area contributed by atoms with Gasteiger partial charge < -0.3 is 5.32 Å². The molecule has 1 heterocycles. The Hall–Kier alpha value is -1.58. The number of hydrogen-bond donors (Lipinski definition) is 1. The molecule has 1 aromatic carbocycles. The summed E-state index contributed by atoms with van der Waals surface area (Å²) in [6, 6.07) is 8.93. The number of amides is 1. The highest BCUT2D eigenvalue weighted by atomic mass is 35.5. The first kappa shape index (κ1) is 12.9. The fraction of sp³-hybridized carbons (Fsp3) is 0.0769. The molecule has 0 fully saturated rings. The number of pyridine rings is 1. The van der Waals surface area contributed by atoms with Gasteiger partial charge in [-0.1, -0.05) is 41.4 Å². The van der Waals surface area contributed by atoms with Crippen LogP contribution < -0.4 is 5.32 Å². The minimum Gasteiger partial charge on any atom is -0.322 e. The maximum absolute atomic E-state index is 12.1. The molecule has 18 heavy (non-hydrogen) atoms. The van der Waals surface area contributed by atoms with Crippen LogP contribution in [0.25, 0.3) is 0 Å². The number of nitrogens with zero attached hydrogens (tertiary/aromatic N) is 1. The van der Waals surface area contributed by atoms with E-state index in [-0.39, 0.29) is 16.1 Å². The van der Waals surface area contributed by atoms with Gasteiger partial charge in [-0.3, -0.25) is 4.79 Å². The van der Waals surface area contributed by atoms with Crippen molar-refractivity contribution < 1.29 is 4.79 Å². The molecule has 0 saturated carbocycles. The van der Waals surface area contributed by atoms with Crippen molar-refractivity contribution >= 4 is 34.8 Å². The molecule has 1 N–H and O–H groups in total. The lowest BCUT2D eigenvalue weighted by Crippen LogP contribution is -2.13. The first-order valence-electron chi connectivity index (χ1n) is 5.26. The van der Waals surface area contributed by atoms with Crippen LogP contribution in [-0.4, -0.2) is 10.9 Å². The van der Waals surface area contributed by atoms with Crippen molar-refractivity contribution in [2.24, 2.45) is 0 Å². The number of aryl methyl sites for hydroxylation is 1. The SMILES string of the molecule is Cc1ccccc1NC(=O)c1cc(Cl)ncc1Cl. The van der Waals surface area contributed by atoms with Crippen LogP contribution in [0.5, 0.6) is 0 Å². The minimum absolute atomic E-state index is 0.231. The molecule has 0 bridgehead atoms. The molecule has 0 saturated heterocycles. The first-order chi connectivity index (χ1) is 8.58. The number of carbonyl (C=O) groups is 1. The Labute approximate surface area is 115 Å². The summed E-state index contributed by atoms with van der Waals surface area (Å²) in [5.74, 6) is -0.307. The van der Waals surface area contributed by atoms with E-state index in [2.05, 4.69) is 10.3 Å². The Morgan fingerprint density at radius 2 is 2.00 bits per heavy atom. The Balaban J connectivity index is 2.28. The number of aromatic nitrogens is 1. The maximum atomic E-state index is 12.1. The topological polar surface area (TPSA) is 42.0 Å². The van der Waals surface area contributed by atoms with Crippen molar-refractivity contribution in [2.75, 3.05) is 5.32 Å². The van der Waals surface area contributed by atoms with Crippen LogP contribution in [0, 0.1) is 6.92 Å². The van der Waals surface area contributed by atoms with Gasteiger partial charge in [-0.15, -0.1) is 0 Å². The zero-order valence-electron chi connectivity index (χ0n) is 9.58. The van der Waals surface area contributed by atoms with E-state index in [1.165, 1.54) is 12.3 Å². The van der Waals surface area contributed by atoms with E-state index in [4.69, 9.17) is 23.2 Å². The summed E-state index contributed by atoms with van der Waals surface area (Å²) in [5.41, 5.74) is 2.02. The second kappa shape index (κ2) is 5.38. The zero-order chi connectivity index (χ0) is 13.1. The molecule has 5 heteroatoms.